The molecule has 3 nitrogen and oxygen atoms in total. The van der Waals surface area contributed by atoms with E-state index < -0.39 is 0 Å². The van der Waals surface area contributed by atoms with Gasteiger partial charge in [-0.1, -0.05) is 54.6 Å². The third-order valence-electron chi connectivity index (χ3n) is 4.68. The molecule has 0 unspecified atom stereocenters. The minimum absolute atomic E-state index is 0.0299. The van der Waals surface area contributed by atoms with Crippen LogP contribution in [0.2, 0.25) is 0 Å². The Morgan fingerprint density at radius 2 is 1.73 bits per heavy atom. The third-order valence-corrected chi connectivity index (χ3v) is 4.68. The molecule has 0 bridgehead atoms. The number of amides is 1. The van der Waals surface area contributed by atoms with E-state index >= 15 is 0 Å². The summed E-state index contributed by atoms with van der Waals surface area (Å²) in [5.74, 6) is 0.743. The van der Waals surface area contributed by atoms with Crippen LogP contribution in [0.15, 0.2) is 78.9 Å². The van der Waals surface area contributed by atoms with Crippen molar-refractivity contribution in [1.29, 1.82) is 0 Å². The second-order valence-corrected chi connectivity index (χ2v) is 6.49. The Morgan fingerprint density at radius 1 is 0.923 bits per heavy atom. The molecule has 3 aromatic carbocycles. The highest BCUT2D eigenvalue weighted by Gasteiger charge is 2.23. The van der Waals surface area contributed by atoms with Gasteiger partial charge in [-0.15, -0.1) is 0 Å². The van der Waals surface area contributed by atoms with Crippen LogP contribution < -0.4 is 9.64 Å². The first-order valence-electron chi connectivity index (χ1n) is 8.98. The fourth-order valence-corrected chi connectivity index (χ4v) is 3.36. The number of fused-ring (bicyclic) bond motifs is 1. The molecule has 3 aromatic rings. The molecule has 26 heavy (non-hydrogen) atoms. The van der Waals surface area contributed by atoms with Crippen LogP contribution in [0.25, 0.3) is 0 Å². The number of ether oxygens (including phenoxy) is 1. The van der Waals surface area contributed by atoms with Crippen molar-refractivity contribution in [1.82, 2.24) is 0 Å². The summed E-state index contributed by atoms with van der Waals surface area (Å²) in [6, 6.07) is 25.6. The monoisotopic (exact) mass is 343 g/mol. The second kappa shape index (κ2) is 7.44. The Morgan fingerprint density at radius 3 is 2.62 bits per heavy atom. The first-order chi connectivity index (χ1) is 12.8. The quantitative estimate of drug-likeness (QED) is 0.677. The molecule has 1 aliphatic heterocycles. The highest BCUT2D eigenvalue weighted by atomic mass is 16.5. The maximum Gasteiger partial charge on any atom is 0.258 e. The summed E-state index contributed by atoms with van der Waals surface area (Å²) in [5, 5.41) is 0. The van der Waals surface area contributed by atoms with Gasteiger partial charge in [0.15, 0.2) is 0 Å². The molecular weight excluding hydrogens is 322 g/mol. The summed E-state index contributed by atoms with van der Waals surface area (Å²) < 4.78 is 5.87. The lowest BCUT2D eigenvalue weighted by atomic mass is 10.0. The average Bonchev–Trinajstić information content (AvgIpc) is 2.72. The lowest BCUT2D eigenvalue weighted by Gasteiger charge is -2.29. The first kappa shape index (κ1) is 16.4. The standard InChI is InChI=1S/C23H21NO2/c25-23(24-15-7-12-19-10-4-5-14-22(19)24)20-11-6-13-21(16-20)26-17-18-8-2-1-3-9-18/h1-6,8-11,13-14,16H,7,12,15,17H2. The Hall–Kier alpha value is -3.07. The molecule has 3 heteroatoms. The van der Waals surface area contributed by atoms with Gasteiger partial charge in [-0.25, -0.2) is 0 Å². The molecule has 0 radical (unpaired) electrons. The highest BCUT2D eigenvalue weighted by Crippen LogP contribution is 2.28. The third kappa shape index (κ3) is 3.47. The molecule has 1 amide bonds. The van der Waals surface area contributed by atoms with Crippen LogP contribution in [0.1, 0.15) is 27.9 Å². The zero-order valence-corrected chi connectivity index (χ0v) is 14.6. The van der Waals surface area contributed by atoms with Crippen LogP contribution >= 0.6 is 0 Å². The van der Waals surface area contributed by atoms with E-state index in [4.69, 9.17) is 4.74 Å². The fraction of sp³-hybridized carbons (Fsp3) is 0.174. The Bertz CT molecular complexity index is 905. The number of hydrogen-bond acceptors (Lipinski definition) is 2. The van der Waals surface area contributed by atoms with Crippen molar-refractivity contribution in [3.05, 3.63) is 95.6 Å². The summed E-state index contributed by atoms with van der Waals surface area (Å²) in [6.07, 6.45) is 2.02. The number of carbonyl (C=O) groups is 1. The van der Waals surface area contributed by atoms with Crippen molar-refractivity contribution in [2.75, 3.05) is 11.4 Å². The van der Waals surface area contributed by atoms with E-state index in [1.165, 1.54) is 5.56 Å². The van der Waals surface area contributed by atoms with E-state index in [-0.39, 0.29) is 5.91 Å². The number of carbonyl (C=O) groups excluding carboxylic acids is 1. The van der Waals surface area contributed by atoms with Gasteiger partial charge in [-0.3, -0.25) is 4.79 Å². The number of hydrogen-bond donors (Lipinski definition) is 0. The van der Waals surface area contributed by atoms with Crippen LogP contribution in [-0.2, 0) is 13.0 Å². The van der Waals surface area contributed by atoms with E-state index in [0.29, 0.717) is 17.9 Å². The number of rotatable bonds is 4. The van der Waals surface area contributed by atoms with E-state index in [1.807, 2.05) is 77.7 Å². The Balaban J connectivity index is 1.52. The summed E-state index contributed by atoms with van der Waals surface area (Å²) >= 11 is 0. The smallest absolute Gasteiger partial charge is 0.258 e. The maximum absolute atomic E-state index is 13.1. The number of aryl methyl sites for hydroxylation is 1. The molecule has 0 aliphatic carbocycles. The first-order valence-corrected chi connectivity index (χ1v) is 8.98. The van der Waals surface area contributed by atoms with Gasteiger partial charge in [0.1, 0.15) is 12.4 Å². The minimum Gasteiger partial charge on any atom is -0.489 e. The summed E-state index contributed by atoms with van der Waals surface area (Å²) in [7, 11) is 0. The lowest BCUT2D eigenvalue weighted by molar-refractivity contribution is 0.0984. The van der Waals surface area contributed by atoms with Crippen molar-refractivity contribution >= 4 is 11.6 Å². The number of anilines is 1. The molecular formula is C23H21NO2. The van der Waals surface area contributed by atoms with Crippen molar-refractivity contribution in [3.63, 3.8) is 0 Å². The SMILES string of the molecule is O=C(c1cccc(OCc2ccccc2)c1)N1CCCc2ccccc21. The van der Waals surface area contributed by atoms with Crippen molar-refractivity contribution in [2.45, 2.75) is 19.4 Å². The zero-order valence-electron chi connectivity index (χ0n) is 14.6. The van der Waals surface area contributed by atoms with Crippen LogP contribution in [0.4, 0.5) is 5.69 Å². The van der Waals surface area contributed by atoms with Gasteiger partial charge in [-0.2, -0.15) is 0 Å². The Labute approximate surface area is 153 Å². The molecule has 0 atom stereocenters. The summed E-state index contributed by atoms with van der Waals surface area (Å²) in [5.41, 5.74) is 4.03. The van der Waals surface area contributed by atoms with Crippen LogP contribution in [0, 0.1) is 0 Å². The van der Waals surface area contributed by atoms with Crippen LogP contribution in [0.5, 0.6) is 5.75 Å². The topological polar surface area (TPSA) is 29.5 Å². The molecule has 0 fully saturated rings. The normalized spacial score (nSPS) is 13.2. The average molecular weight is 343 g/mol. The van der Waals surface area contributed by atoms with Gasteiger partial charge in [0, 0.05) is 17.8 Å². The predicted octanol–water partition coefficient (Wildman–Crippen LogP) is 4.86. The van der Waals surface area contributed by atoms with Gasteiger partial charge >= 0.3 is 0 Å². The van der Waals surface area contributed by atoms with Crippen LogP contribution in [-0.4, -0.2) is 12.5 Å². The second-order valence-electron chi connectivity index (χ2n) is 6.49. The maximum atomic E-state index is 13.1. The van der Waals surface area contributed by atoms with Gasteiger partial charge in [0.25, 0.3) is 5.91 Å². The largest absolute Gasteiger partial charge is 0.489 e. The van der Waals surface area contributed by atoms with Gasteiger partial charge in [0.05, 0.1) is 0 Å². The lowest BCUT2D eigenvalue weighted by Crippen LogP contribution is -2.35. The summed E-state index contributed by atoms with van der Waals surface area (Å²) in [4.78, 5) is 14.9. The van der Waals surface area contributed by atoms with Crippen molar-refractivity contribution < 1.29 is 9.53 Å². The van der Waals surface area contributed by atoms with Crippen LogP contribution in [0.3, 0.4) is 0 Å². The highest BCUT2D eigenvalue weighted by molar-refractivity contribution is 6.07. The van der Waals surface area contributed by atoms with E-state index in [9.17, 15) is 4.79 Å². The van der Waals surface area contributed by atoms with E-state index in [2.05, 4.69) is 6.07 Å². The van der Waals surface area contributed by atoms with Crippen molar-refractivity contribution in [2.24, 2.45) is 0 Å². The molecule has 0 saturated carbocycles. The molecule has 1 aliphatic rings. The zero-order chi connectivity index (χ0) is 17.8. The van der Waals surface area contributed by atoms with Gasteiger partial charge in [0.2, 0.25) is 0 Å². The molecule has 0 saturated heterocycles. The van der Waals surface area contributed by atoms with E-state index in [1.54, 1.807) is 0 Å². The molecule has 0 spiro atoms. The molecule has 1 heterocycles. The minimum atomic E-state index is 0.0299. The molecule has 4 rings (SSSR count). The Kier molecular flexibility index (Phi) is 4.69. The van der Waals surface area contributed by atoms with Gasteiger partial charge < -0.3 is 9.64 Å². The molecule has 0 N–H and O–H groups in total. The molecule has 130 valence electrons. The molecule has 0 aromatic heterocycles. The predicted molar refractivity (Wildman–Crippen MR) is 104 cm³/mol. The summed E-state index contributed by atoms with van der Waals surface area (Å²) in [6.45, 7) is 1.25. The number of benzene rings is 3. The number of para-hydroxylation sites is 1. The van der Waals surface area contributed by atoms with Gasteiger partial charge in [-0.05, 0) is 48.2 Å². The number of nitrogens with zero attached hydrogens (tertiary/aromatic N) is 1. The fourth-order valence-electron chi connectivity index (χ4n) is 3.36. The van der Waals surface area contributed by atoms with E-state index in [0.717, 1.165) is 30.6 Å². The van der Waals surface area contributed by atoms with Crippen molar-refractivity contribution in [3.8, 4) is 5.75 Å².